The van der Waals surface area contributed by atoms with Gasteiger partial charge in [0, 0.05) is 17.7 Å². The maximum Gasteiger partial charge on any atom is 0.270 e. The fourth-order valence-corrected chi connectivity index (χ4v) is 4.68. The number of non-ortho nitro benzene ring substituents is 1. The molecule has 0 N–H and O–H groups in total. The van der Waals surface area contributed by atoms with E-state index in [0.29, 0.717) is 11.3 Å². The molecule has 3 aliphatic rings. The van der Waals surface area contributed by atoms with Gasteiger partial charge in [-0.3, -0.25) is 29.4 Å². The van der Waals surface area contributed by atoms with Crippen molar-refractivity contribution in [3.05, 3.63) is 69.3 Å². The fraction of sp³-hybridized carbons (Fsp3) is 0.318. The van der Waals surface area contributed by atoms with E-state index in [-0.39, 0.29) is 41.3 Å². The molecule has 0 unspecified atom stereocenters. The summed E-state index contributed by atoms with van der Waals surface area (Å²) in [6.07, 6.45) is 0. The zero-order valence-electron chi connectivity index (χ0n) is 16.8. The van der Waals surface area contributed by atoms with Crippen molar-refractivity contribution in [2.45, 2.75) is 32.0 Å². The first kappa shape index (κ1) is 19.2. The van der Waals surface area contributed by atoms with Crippen LogP contribution in [0.25, 0.3) is 0 Å². The quantitative estimate of drug-likeness (QED) is 0.326. The number of β-lactam (4-membered cyclic amide) rings is 1. The third-order valence-electron chi connectivity index (χ3n) is 6.27. The first-order valence-corrected chi connectivity index (χ1v) is 10.0. The lowest BCUT2D eigenvalue weighted by molar-refractivity contribution is -0.385. The number of fused-ring (bicyclic) bond motifs is 4. The topological polar surface area (TPSA) is 110 Å². The van der Waals surface area contributed by atoms with Gasteiger partial charge in [0.05, 0.1) is 28.1 Å². The van der Waals surface area contributed by atoms with Crippen LogP contribution in [0.4, 0.5) is 5.69 Å². The van der Waals surface area contributed by atoms with Crippen LogP contribution in [0.15, 0.2) is 42.5 Å². The molecular formula is C22H19N3O6. The molecule has 2 aromatic carbocycles. The predicted octanol–water partition coefficient (Wildman–Crippen LogP) is 2.56. The Kier molecular flexibility index (Phi) is 4.11. The average Bonchev–Trinajstić information content (AvgIpc) is 2.91. The molecule has 5 rings (SSSR count). The molecule has 31 heavy (non-hydrogen) atoms. The van der Waals surface area contributed by atoms with Gasteiger partial charge in [-0.2, -0.15) is 0 Å². The number of ether oxygens (including phenoxy) is 1. The largest absolute Gasteiger partial charge is 0.491 e. The van der Waals surface area contributed by atoms with Crippen molar-refractivity contribution in [1.29, 1.82) is 0 Å². The van der Waals surface area contributed by atoms with Crippen LogP contribution in [-0.4, -0.2) is 51.1 Å². The highest BCUT2D eigenvalue weighted by Gasteiger charge is 2.60. The molecular weight excluding hydrogens is 402 g/mol. The van der Waals surface area contributed by atoms with E-state index in [0.717, 1.165) is 4.90 Å². The average molecular weight is 421 g/mol. The highest BCUT2D eigenvalue weighted by Crippen LogP contribution is 2.48. The minimum absolute atomic E-state index is 0.0406. The summed E-state index contributed by atoms with van der Waals surface area (Å²) < 4.78 is 5.91. The molecule has 1 fully saturated rings. The molecule has 158 valence electrons. The van der Waals surface area contributed by atoms with Gasteiger partial charge in [-0.15, -0.1) is 0 Å². The molecule has 9 heteroatoms. The van der Waals surface area contributed by atoms with Gasteiger partial charge in [0.1, 0.15) is 18.4 Å². The summed E-state index contributed by atoms with van der Waals surface area (Å²) in [5.41, 5.74) is 0.788. The Labute approximate surface area is 177 Å². The summed E-state index contributed by atoms with van der Waals surface area (Å²) in [5.74, 6) is -0.966. The van der Waals surface area contributed by atoms with Crippen molar-refractivity contribution in [3.8, 4) is 5.75 Å². The van der Waals surface area contributed by atoms with Crippen LogP contribution in [0.1, 0.15) is 46.2 Å². The third kappa shape index (κ3) is 2.59. The van der Waals surface area contributed by atoms with Crippen molar-refractivity contribution in [2.75, 3.05) is 6.61 Å². The van der Waals surface area contributed by atoms with Gasteiger partial charge in [-0.05, 0) is 24.1 Å². The second-order valence-electron chi connectivity index (χ2n) is 8.26. The van der Waals surface area contributed by atoms with Crippen molar-refractivity contribution < 1.29 is 24.0 Å². The summed E-state index contributed by atoms with van der Waals surface area (Å²) >= 11 is 0. The van der Waals surface area contributed by atoms with Gasteiger partial charge in [0.25, 0.3) is 17.5 Å². The Balaban J connectivity index is 1.63. The zero-order valence-corrected chi connectivity index (χ0v) is 16.8. The lowest BCUT2D eigenvalue weighted by atomic mass is 9.83. The molecule has 0 spiro atoms. The van der Waals surface area contributed by atoms with E-state index in [1.54, 1.807) is 29.2 Å². The highest BCUT2D eigenvalue weighted by molar-refractivity contribution is 6.23. The fourth-order valence-electron chi connectivity index (χ4n) is 4.68. The molecule has 3 atom stereocenters. The molecule has 0 radical (unpaired) electrons. The molecule has 3 amide bonds. The maximum absolute atomic E-state index is 13.3. The van der Waals surface area contributed by atoms with Crippen LogP contribution in [0, 0.1) is 16.0 Å². The van der Waals surface area contributed by atoms with Crippen LogP contribution < -0.4 is 4.74 Å². The number of hydrogen-bond acceptors (Lipinski definition) is 6. The number of benzene rings is 2. The second-order valence-corrected chi connectivity index (χ2v) is 8.26. The second kappa shape index (κ2) is 6.63. The number of carbonyl (C=O) groups is 3. The molecule has 0 bridgehead atoms. The van der Waals surface area contributed by atoms with Crippen molar-refractivity contribution in [3.63, 3.8) is 0 Å². The summed E-state index contributed by atoms with van der Waals surface area (Å²) in [6.45, 7) is 4.12. The summed E-state index contributed by atoms with van der Waals surface area (Å²) in [7, 11) is 0. The van der Waals surface area contributed by atoms with Gasteiger partial charge in [-0.1, -0.05) is 26.0 Å². The number of imide groups is 1. The number of nitrogens with zero attached hydrogens (tertiary/aromatic N) is 3. The van der Waals surface area contributed by atoms with Crippen LogP contribution in [-0.2, 0) is 4.79 Å². The van der Waals surface area contributed by atoms with Crippen LogP contribution >= 0.6 is 0 Å². The van der Waals surface area contributed by atoms with E-state index in [4.69, 9.17) is 4.74 Å². The molecule has 3 heterocycles. The summed E-state index contributed by atoms with van der Waals surface area (Å²) in [5, 5.41) is 11.4. The molecule has 0 saturated carbocycles. The van der Waals surface area contributed by atoms with Crippen LogP contribution in [0.3, 0.4) is 0 Å². The normalized spacial score (nSPS) is 24.2. The molecule has 3 aliphatic heterocycles. The minimum Gasteiger partial charge on any atom is -0.491 e. The van der Waals surface area contributed by atoms with Crippen molar-refractivity contribution in [1.82, 2.24) is 9.80 Å². The van der Waals surface area contributed by atoms with Crippen molar-refractivity contribution in [2.24, 2.45) is 5.92 Å². The number of nitro benzene ring substituents is 1. The van der Waals surface area contributed by atoms with E-state index >= 15 is 0 Å². The Hall–Kier alpha value is -3.75. The maximum atomic E-state index is 13.3. The first-order valence-electron chi connectivity index (χ1n) is 10.0. The Morgan fingerprint density at radius 3 is 2.26 bits per heavy atom. The number of hydrogen-bond donors (Lipinski definition) is 0. The molecule has 0 aromatic heterocycles. The lowest BCUT2D eigenvalue weighted by Gasteiger charge is -2.52. The predicted molar refractivity (Wildman–Crippen MR) is 108 cm³/mol. The number of rotatable bonds is 3. The van der Waals surface area contributed by atoms with E-state index in [2.05, 4.69) is 0 Å². The van der Waals surface area contributed by atoms with Crippen LogP contribution in [0.5, 0.6) is 5.75 Å². The van der Waals surface area contributed by atoms with Gasteiger partial charge >= 0.3 is 0 Å². The number of nitro groups is 1. The molecule has 0 aliphatic carbocycles. The van der Waals surface area contributed by atoms with E-state index in [1.165, 1.54) is 18.2 Å². The SMILES string of the molecule is CC(C)[C@H]1COc2ccc([N+](=O)[O-])cc2[C@@H]2[C@@H](N3C(=O)c4ccccc4C3=O)C(=O)N12. The Bertz CT molecular complexity index is 1120. The smallest absolute Gasteiger partial charge is 0.270 e. The molecule has 1 saturated heterocycles. The highest BCUT2D eigenvalue weighted by atomic mass is 16.6. The Morgan fingerprint density at radius 2 is 1.68 bits per heavy atom. The standard InChI is InChI=1S/C22H19N3O6/c1-11(2)16-10-31-17-8-7-12(25(29)30)9-15(17)18-19(22(28)23(16)18)24-20(26)13-5-3-4-6-14(13)21(24)27/h3-9,11,16,18-19H,10H2,1-2H3/t16-,18-,19-/m1/s1. The van der Waals surface area contributed by atoms with E-state index in [9.17, 15) is 24.5 Å². The van der Waals surface area contributed by atoms with Crippen LogP contribution in [0.2, 0.25) is 0 Å². The van der Waals surface area contributed by atoms with Gasteiger partial charge < -0.3 is 9.64 Å². The minimum atomic E-state index is -1.07. The molecule has 2 aromatic rings. The van der Waals surface area contributed by atoms with E-state index < -0.39 is 28.8 Å². The molecule has 9 nitrogen and oxygen atoms in total. The first-order chi connectivity index (χ1) is 14.8. The summed E-state index contributed by atoms with van der Waals surface area (Å²) in [6, 6.07) is 8.58. The number of carbonyl (C=O) groups excluding carboxylic acids is 3. The van der Waals surface area contributed by atoms with Gasteiger partial charge in [0.15, 0.2) is 0 Å². The number of amides is 3. The van der Waals surface area contributed by atoms with Gasteiger partial charge in [0.2, 0.25) is 5.91 Å². The third-order valence-corrected chi connectivity index (χ3v) is 6.27. The van der Waals surface area contributed by atoms with E-state index in [1.807, 2.05) is 13.8 Å². The zero-order chi connectivity index (χ0) is 22.0. The Morgan fingerprint density at radius 1 is 1.03 bits per heavy atom. The monoisotopic (exact) mass is 421 g/mol. The lowest BCUT2D eigenvalue weighted by Crippen LogP contribution is -2.69. The van der Waals surface area contributed by atoms with Crippen molar-refractivity contribution >= 4 is 23.4 Å². The summed E-state index contributed by atoms with van der Waals surface area (Å²) in [4.78, 5) is 52.9. The van der Waals surface area contributed by atoms with Gasteiger partial charge in [-0.25, -0.2) is 0 Å².